The molecule has 0 aliphatic carbocycles. The molecule has 0 unspecified atom stereocenters. The third-order valence-corrected chi connectivity index (χ3v) is 4.30. The molecule has 2 N–H and O–H groups in total. The molecule has 0 atom stereocenters. The summed E-state index contributed by atoms with van der Waals surface area (Å²) in [6.45, 7) is 6.44. The summed E-state index contributed by atoms with van der Waals surface area (Å²) in [7, 11) is 1.80. The van der Waals surface area contributed by atoms with E-state index in [0.29, 0.717) is 0 Å². The number of rotatable bonds is 7. The first-order valence-corrected chi connectivity index (χ1v) is 8.90. The molecule has 8 heteroatoms. The minimum atomic E-state index is 0.838. The van der Waals surface area contributed by atoms with E-state index in [9.17, 15) is 0 Å². The Morgan fingerprint density at radius 2 is 2.04 bits per heavy atom. The van der Waals surface area contributed by atoms with Crippen LogP contribution in [0.4, 0.5) is 0 Å². The zero-order valence-electron chi connectivity index (χ0n) is 14.8. The zero-order chi connectivity index (χ0) is 17.3. The minimum Gasteiger partial charge on any atom is -0.379 e. The second kappa shape index (κ2) is 9.33. The maximum Gasteiger partial charge on any atom is 0.191 e. The number of hydrogen-bond acceptors (Lipinski definition) is 5. The molecule has 0 amide bonds. The quantitative estimate of drug-likeness (QED) is 0.423. The van der Waals surface area contributed by atoms with Gasteiger partial charge in [0.15, 0.2) is 11.6 Å². The van der Waals surface area contributed by atoms with E-state index in [1.807, 2.05) is 28.8 Å². The summed E-state index contributed by atoms with van der Waals surface area (Å²) in [5, 5.41) is 15.2. The van der Waals surface area contributed by atoms with E-state index in [0.717, 1.165) is 76.2 Å². The number of pyridine rings is 1. The second-order valence-corrected chi connectivity index (χ2v) is 6.03. The highest BCUT2D eigenvalue weighted by Gasteiger charge is 2.09. The van der Waals surface area contributed by atoms with Crippen LogP contribution in [0.15, 0.2) is 29.4 Å². The van der Waals surface area contributed by atoms with Gasteiger partial charge in [0.05, 0.1) is 13.2 Å². The first kappa shape index (κ1) is 17.6. The predicted octanol–water partition coefficient (Wildman–Crippen LogP) is 0.159. The van der Waals surface area contributed by atoms with Crippen LogP contribution >= 0.6 is 0 Å². The summed E-state index contributed by atoms with van der Waals surface area (Å²) in [4.78, 5) is 6.68. The molecule has 0 saturated carbocycles. The average Bonchev–Trinajstić information content (AvgIpc) is 3.08. The Hall–Kier alpha value is -2.19. The van der Waals surface area contributed by atoms with Crippen molar-refractivity contribution in [2.45, 2.75) is 12.8 Å². The first-order chi connectivity index (χ1) is 12.4. The van der Waals surface area contributed by atoms with E-state index in [4.69, 9.17) is 4.74 Å². The van der Waals surface area contributed by atoms with E-state index in [1.165, 1.54) is 0 Å². The van der Waals surface area contributed by atoms with Gasteiger partial charge in [-0.05, 0) is 18.6 Å². The first-order valence-electron chi connectivity index (χ1n) is 8.90. The van der Waals surface area contributed by atoms with Gasteiger partial charge in [-0.2, -0.15) is 0 Å². The summed E-state index contributed by atoms with van der Waals surface area (Å²) >= 11 is 0. The van der Waals surface area contributed by atoms with Crippen LogP contribution in [0.2, 0.25) is 0 Å². The number of aromatic nitrogens is 3. The lowest BCUT2D eigenvalue weighted by molar-refractivity contribution is 0.0389. The van der Waals surface area contributed by atoms with Crippen molar-refractivity contribution < 1.29 is 4.74 Å². The normalized spacial score (nSPS) is 16.3. The van der Waals surface area contributed by atoms with Crippen molar-refractivity contribution in [2.24, 2.45) is 4.99 Å². The maximum absolute atomic E-state index is 5.36. The number of fused-ring (bicyclic) bond motifs is 1. The molecule has 136 valence electrons. The lowest BCUT2D eigenvalue weighted by Crippen LogP contribution is -2.44. The van der Waals surface area contributed by atoms with Gasteiger partial charge in [-0.3, -0.25) is 14.3 Å². The number of nitrogens with one attached hydrogen (secondary N) is 2. The Morgan fingerprint density at radius 1 is 1.20 bits per heavy atom. The van der Waals surface area contributed by atoms with Gasteiger partial charge in [-0.15, -0.1) is 10.2 Å². The lowest BCUT2D eigenvalue weighted by Gasteiger charge is -2.26. The zero-order valence-corrected chi connectivity index (χ0v) is 14.8. The molecule has 1 fully saturated rings. The molecule has 0 radical (unpaired) electrons. The van der Waals surface area contributed by atoms with Crippen LogP contribution in [0.5, 0.6) is 0 Å². The largest absolute Gasteiger partial charge is 0.379 e. The standard InChI is InChI=1S/C17H27N7O/c1-18-17(20-8-10-23-11-13-25-14-12-23)19-7-4-6-16-22-21-15-5-2-3-9-24(15)16/h2-3,5,9H,4,6-8,10-14H2,1H3,(H2,18,19,20). The van der Waals surface area contributed by atoms with Crippen LogP contribution in [0.1, 0.15) is 12.2 Å². The van der Waals surface area contributed by atoms with Crippen molar-refractivity contribution in [1.29, 1.82) is 0 Å². The Kier molecular flexibility index (Phi) is 6.58. The number of aryl methyl sites for hydroxylation is 1. The smallest absolute Gasteiger partial charge is 0.191 e. The summed E-state index contributed by atoms with van der Waals surface area (Å²) in [6, 6.07) is 5.94. The SMILES string of the molecule is CN=C(NCCCc1nnc2ccccn12)NCCN1CCOCC1. The highest BCUT2D eigenvalue weighted by molar-refractivity contribution is 5.79. The number of morpholine rings is 1. The lowest BCUT2D eigenvalue weighted by atomic mass is 10.3. The number of hydrogen-bond donors (Lipinski definition) is 2. The Morgan fingerprint density at radius 3 is 2.88 bits per heavy atom. The summed E-state index contributed by atoms with van der Waals surface area (Å²) in [5.74, 6) is 1.84. The third-order valence-electron chi connectivity index (χ3n) is 4.30. The summed E-state index contributed by atoms with van der Waals surface area (Å²) in [6.07, 6.45) is 3.85. The number of nitrogens with zero attached hydrogens (tertiary/aromatic N) is 5. The van der Waals surface area contributed by atoms with E-state index in [1.54, 1.807) is 7.05 Å². The maximum atomic E-state index is 5.36. The number of aliphatic imine (C=N–C) groups is 1. The Bertz CT molecular complexity index is 678. The van der Waals surface area contributed by atoms with Crippen LogP contribution in [-0.2, 0) is 11.2 Å². The van der Waals surface area contributed by atoms with Crippen LogP contribution in [-0.4, -0.2) is 78.4 Å². The van der Waals surface area contributed by atoms with Crippen LogP contribution < -0.4 is 10.6 Å². The summed E-state index contributed by atoms with van der Waals surface area (Å²) in [5.41, 5.74) is 0.894. The monoisotopic (exact) mass is 345 g/mol. The van der Waals surface area contributed by atoms with Crippen molar-refractivity contribution >= 4 is 11.6 Å². The molecule has 1 aliphatic rings. The fourth-order valence-electron chi connectivity index (χ4n) is 2.89. The van der Waals surface area contributed by atoms with Crippen molar-refractivity contribution in [3.63, 3.8) is 0 Å². The van der Waals surface area contributed by atoms with E-state index >= 15 is 0 Å². The van der Waals surface area contributed by atoms with Gasteiger partial charge in [0.25, 0.3) is 0 Å². The molecule has 8 nitrogen and oxygen atoms in total. The molecule has 2 aromatic rings. The Balaban J connectivity index is 1.34. The van der Waals surface area contributed by atoms with E-state index < -0.39 is 0 Å². The van der Waals surface area contributed by atoms with E-state index in [2.05, 4.69) is 30.7 Å². The van der Waals surface area contributed by atoms with Gasteiger partial charge in [-0.25, -0.2) is 0 Å². The average molecular weight is 345 g/mol. The number of guanidine groups is 1. The molecule has 3 heterocycles. The molecule has 0 spiro atoms. The van der Waals surface area contributed by atoms with Gasteiger partial charge in [-0.1, -0.05) is 6.07 Å². The Labute approximate surface area is 148 Å². The predicted molar refractivity (Wildman–Crippen MR) is 97.9 cm³/mol. The molecule has 25 heavy (non-hydrogen) atoms. The highest BCUT2D eigenvalue weighted by Crippen LogP contribution is 2.04. The minimum absolute atomic E-state index is 0.838. The molecule has 3 rings (SSSR count). The molecule has 2 aromatic heterocycles. The third kappa shape index (κ3) is 5.14. The van der Waals surface area contributed by atoms with Gasteiger partial charge in [0.1, 0.15) is 5.82 Å². The van der Waals surface area contributed by atoms with Crippen molar-refractivity contribution in [3.05, 3.63) is 30.2 Å². The van der Waals surface area contributed by atoms with Crippen LogP contribution in [0, 0.1) is 0 Å². The fraction of sp³-hybridized carbons (Fsp3) is 0.588. The molecular formula is C17H27N7O. The van der Waals surface area contributed by atoms with Crippen LogP contribution in [0.25, 0.3) is 5.65 Å². The van der Waals surface area contributed by atoms with Crippen LogP contribution in [0.3, 0.4) is 0 Å². The van der Waals surface area contributed by atoms with Gasteiger partial charge in [0.2, 0.25) is 0 Å². The molecule has 1 aliphatic heterocycles. The second-order valence-electron chi connectivity index (χ2n) is 6.03. The van der Waals surface area contributed by atoms with Crippen molar-refractivity contribution in [2.75, 3.05) is 53.0 Å². The molecular weight excluding hydrogens is 318 g/mol. The molecule has 1 saturated heterocycles. The van der Waals surface area contributed by atoms with Gasteiger partial charge < -0.3 is 15.4 Å². The molecule has 0 aromatic carbocycles. The summed E-state index contributed by atoms with van der Waals surface area (Å²) < 4.78 is 7.40. The van der Waals surface area contributed by atoms with Crippen molar-refractivity contribution in [3.8, 4) is 0 Å². The van der Waals surface area contributed by atoms with Crippen molar-refractivity contribution in [1.82, 2.24) is 30.1 Å². The topological polar surface area (TPSA) is 79.1 Å². The van der Waals surface area contributed by atoms with Gasteiger partial charge in [0, 0.05) is 52.4 Å². The highest BCUT2D eigenvalue weighted by atomic mass is 16.5. The molecule has 0 bridgehead atoms. The fourth-order valence-corrected chi connectivity index (χ4v) is 2.89. The van der Waals surface area contributed by atoms with E-state index in [-0.39, 0.29) is 0 Å². The number of ether oxygens (including phenoxy) is 1. The van der Waals surface area contributed by atoms with Gasteiger partial charge >= 0.3 is 0 Å².